The van der Waals surface area contributed by atoms with Gasteiger partial charge in [0, 0.05) is 13.6 Å². The van der Waals surface area contributed by atoms with E-state index in [0.29, 0.717) is 19.3 Å². The quantitative estimate of drug-likeness (QED) is 0.648. The summed E-state index contributed by atoms with van der Waals surface area (Å²) in [6.07, 6.45) is 1.75. The molecule has 114 valence electrons. The second-order valence-electron chi connectivity index (χ2n) is 5.01. The number of rotatable bonds is 3. The minimum atomic E-state index is -1.09. The fraction of sp³-hybridized carbons (Fsp3) is 0.583. The van der Waals surface area contributed by atoms with Crippen LogP contribution in [0, 0.1) is 17.0 Å². The van der Waals surface area contributed by atoms with Crippen LogP contribution in [0.1, 0.15) is 35.4 Å². The van der Waals surface area contributed by atoms with Crippen LogP contribution in [0.15, 0.2) is 0 Å². The second kappa shape index (κ2) is 5.51. The summed E-state index contributed by atoms with van der Waals surface area (Å²) >= 11 is 0. The molecular formula is C12H16N4O5. The molecule has 1 aromatic rings. The first kappa shape index (κ1) is 14.9. The number of carboxylic acid groups (broad SMARTS) is 1. The third-order valence-electron chi connectivity index (χ3n) is 3.62. The molecule has 1 aliphatic rings. The summed E-state index contributed by atoms with van der Waals surface area (Å²) in [4.78, 5) is 35.5. The number of piperidine rings is 1. The number of likely N-dealkylation sites (tertiary alicyclic amines) is 1. The Bertz CT molecular complexity index is 609. The van der Waals surface area contributed by atoms with Crippen molar-refractivity contribution in [2.45, 2.75) is 32.2 Å². The van der Waals surface area contributed by atoms with E-state index in [9.17, 15) is 24.8 Å². The van der Waals surface area contributed by atoms with E-state index in [1.165, 1.54) is 18.9 Å². The monoisotopic (exact) mass is 296 g/mol. The lowest BCUT2D eigenvalue weighted by Gasteiger charge is -2.32. The summed E-state index contributed by atoms with van der Waals surface area (Å²) in [5, 5.41) is 24.2. The lowest BCUT2D eigenvalue weighted by molar-refractivity contribution is -0.385. The standard InChI is InChI=1S/C12H16N4O5/c1-7-9(16(20)21)10(14(2)13-7)11(17)15-6-4-3-5-8(15)12(18)19/h8H,3-6H2,1-2H3,(H,18,19). The van der Waals surface area contributed by atoms with E-state index >= 15 is 0 Å². The Kier molecular flexibility index (Phi) is 3.92. The van der Waals surface area contributed by atoms with Crippen LogP contribution in [0.25, 0.3) is 0 Å². The number of carbonyl (C=O) groups is 2. The first-order valence-electron chi connectivity index (χ1n) is 6.56. The number of nitro groups is 1. The van der Waals surface area contributed by atoms with Crippen molar-refractivity contribution >= 4 is 17.6 Å². The van der Waals surface area contributed by atoms with Gasteiger partial charge in [0.1, 0.15) is 11.7 Å². The molecule has 0 spiro atoms. The van der Waals surface area contributed by atoms with Crippen molar-refractivity contribution in [1.82, 2.24) is 14.7 Å². The van der Waals surface area contributed by atoms with E-state index in [2.05, 4.69) is 5.10 Å². The highest BCUT2D eigenvalue weighted by atomic mass is 16.6. The summed E-state index contributed by atoms with van der Waals surface area (Å²) < 4.78 is 1.14. The molecular weight excluding hydrogens is 280 g/mol. The number of aryl methyl sites for hydroxylation is 2. The van der Waals surface area contributed by atoms with Gasteiger partial charge in [-0.05, 0) is 26.2 Å². The van der Waals surface area contributed by atoms with Gasteiger partial charge in [-0.25, -0.2) is 4.79 Å². The Morgan fingerprint density at radius 1 is 1.43 bits per heavy atom. The first-order chi connectivity index (χ1) is 9.84. The van der Waals surface area contributed by atoms with E-state index in [1.807, 2.05) is 0 Å². The van der Waals surface area contributed by atoms with Crippen molar-refractivity contribution in [1.29, 1.82) is 0 Å². The summed E-state index contributed by atoms with van der Waals surface area (Å²) in [6, 6.07) is -0.943. The van der Waals surface area contributed by atoms with Gasteiger partial charge in [-0.2, -0.15) is 5.10 Å². The third-order valence-corrected chi connectivity index (χ3v) is 3.62. The molecule has 1 atom stereocenters. The largest absolute Gasteiger partial charge is 0.480 e. The highest BCUT2D eigenvalue weighted by molar-refractivity contribution is 5.99. The van der Waals surface area contributed by atoms with E-state index in [-0.39, 0.29) is 23.6 Å². The van der Waals surface area contributed by atoms with Crippen molar-refractivity contribution in [2.24, 2.45) is 7.05 Å². The molecule has 0 bridgehead atoms. The van der Waals surface area contributed by atoms with Crippen molar-refractivity contribution in [3.63, 3.8) is 0 Å². The molecule has 1 saturated heterocycles. The molecule has 2 heterocycles. The van der Waals surface area contributed by atoms with Gasteiger partial charge >= 0.3 is 11.7 Å². The molecule has 1 N–H and O–H groups in total. The molecule has 0 saturated carbocycles. The molecule has 0 aromatic carbocycles. The fourth-order valence-electron chi connectivity index (χ4n) is 2.67. The smallest absolute Gasteiger partial charge is 0.326 e. The minimum absolute atomic E-state index is 0.134. The number of carbonyl (C=O) groups excluding carboxylic acids is 1. The van der Waals surface area contributed by atoms with Crippen LogP contribution >= 0.6 is 0 Å². The van der Waals surface area contributed by atoms with Gasteiger partial charge in [-0.15, -0.1) is 0 Å². The molecule has 1 unspecified atom stereocenters. The zero-order chi connectivity index (χ0) is 15.7. The number of hydrogen-bond acceptors (Lipinski definition) is 5. The van der Waals surface area contributed by atoms with Crippen molar-refractivity contribution < 1.29 is 19.6 Å². The van der Waals surface area contributed by atoms with Crippen molar-refractivity contribution in [3.8, 4) is 0 Å². The van der Waals surface area contributed by atoms with Gasteiger partial charge in [0.2, 0.25) is 5.69 Å². The number of aromatic nitrogens is 2. The Labute approximate surface area is 120 Å². The van der Waals surface area contributed by atoms with Crippen molar-refractivity contribution in [2.75, 3.05) is 6.54 Å². The number of amides is 1. The van der Waals surface area contributed by atoms with Crippen LogP contribution in [0.4, 0.5) is 5.69 Å². The molecule has 1 aliphatic heterocycles. The highest BCUT2D eigenvalue weighted by Gasteiger charge is 2.38. The maximum atomic E-state index is 12.6. The van der Waals surface area contributed by atoms with Crippen LogP contribution in [0.3, 0.4) is 0 Å². The van der Waals surface area contributed by atoms with Gasteiger partial charge in [0.25, 0.3) is 5.91 Å². The highest BCUT2D eigenvalue weighted by Crippen LogP contribution is 2.27. The molecule has 21 heavy (non-hydrogen) atoms. The molecule has 1 aromatic heterocycles. The van der Waals surface area contributed by atoms with Gasteiger partial charge < -0.3 is 10.0 Å². The van der Waals surface area contributed by atoms with Gasteiger partial charge in [-0.1, -0.05) is 0 Å². The molecule has 0 radical (unpaired) electrons. The summed E-state index contributed by atoms with van der Waals surface area (Å²) in [6.45, 7) is 1.72. The molecule has 1 fully saturated rings. The van der Waals surface area contributed by atoms with E-state index < -0.39 is 22.8 Å². The average molecular weight is 296 g/mol. The lowest BCUT2D eigenvalue weighted by atomic mass is 10.0. The molecule has 9 nitrogen and oxygen atoms in total. The van der Waals surface area contributed by atoms with Gasteiger partial charge in [0.15, 0.2) is 0 Å². The number of nitrogens with zero attached hydrogens (tertiary/aromatic N) is 4. The zero-order valence-corrected chi connectivity index (χ0v) is 11.8. The van der Waals surface area contributed by atoms with Crippen LogP contribution in [-0.4, -0.2) is 49.2 Å². The molecule has 0 aliphatic carbocycles. The van der Waals surface area contributed by atoms with Gasteiger partial charge in [-0.3, -0.25) is 19.6 Å². The van der Waals surface area contributed by atoms with Gasteiger partial charge in [0.05, 0.1) is 4.92 Å². The van der Waals surface area contributed by atoms with Crippen molar-refractivity contribution in [3.05, 3.63) is 21.5 Å². The number of aliphatic carboxylic acids is 1. The van der Waals surface area contributed by atoms with E-state index in [4.69, 9.17) is 0 Å². The van der Waals surface area contributed by atoms with E-state index in [1.54, 1.807) is 0 Å². The Hall–Kier alpha value is -2.45. The fourth-order valence-corrected chi connectivity index (χ4v) is 2.67. The third kappa shape index (κ3) is 2.58. The first-order valence-corrected chi connectivity index (χ1v) is 6.56. The normalized spacial score (nSPS) is 18.6. The number of hydrogen-bond donors (Lipinski definition) is 1. The maximum Gasteiger partial charge on any atom is 0.326 e. The zero-order valence-electron chi connectivity index (χ0n) is 11.8. The Morgan fingerprint density at radius 2 is 2.10 bits per heavy atom. The number of carboxylic acids is 1. The Morgan fingerprint density at radius 3 is 2.67 bits per heavy atom. The topological polar surface area (TPSA) is 119 Å². The maximum absolute atomic E-state index is 12.6. The summed E-state index contributed by atoms with van der Waals surface area (Å²) in [5.41, 5.74) is -0.405. The average Bonchev–Trinajstić information content (AvgIpc) is 2.72. The molecule has 9 heteroatoms. The van der Waals surface area contributed by atoms with Crippen LogP contribution in [-0.2, 0) is 11.8 Å². The lowest BCUT2D eigenvalue weighted by Crippen LogP contribution is -2.48. The molecule has 2 rings (SSSR count). The van der Waals surface area contributed by atoms with E-state index in [0.717, 1.165) is 4.68 Å². The SMILES string of the molecule is Cc1nn(C)c(C(=O)N2CCCCC2C(=O)O)c1[N+](=O)[O-]. The summed E-state index contributed by atoms with van der Waals surface area (Å²) in [5.74, 6) is -1.75. The van der Waals surface area contributed by atoms with Crippen LogP contribution in [0.2, 0.25) is 0 Å². The molecule has 1 amide bonds. The van der Waals surface area contributed by atoms with Crippen LogP contribution < -0.4 is 0 Å². The predicted octanol–water partition coefficient (Wildman–Crippen LogP) is 0.716. The van der Waals surface area contributed by atoms with Crippen LogP contribution in [0.5, 0.6) is 0 Å². The Balaban J connectivity index is 2.44. The predicted molar refractivity (Wildman–Crippen MR) is 70.9 cm³/mol. The summed E-state index contributed by atoms with van der Waals surface area (Å²) in [7, 11) is 1.44. The minimum Gasteiger partial charge on any atom is -0.480 e. The second-order valence-corrected chi connectivity index (χ2v) is 5.01.